The van der Waals surface area contributed by atoms with Crippen molar-refractivity contribution in [2.45, 2.75) is 37.8 Å². The molecule has 0 spiro atoms. The number of carbonyl (C=O) groups is 2. The summed E-state index contributed by atoms with van der Waals surface area (Å²) in [5.41, 5.74) is -11.0. The first-order valence-electron chi connectivity index (χ1n) is 5.24. The third kappa shape index (κ3) is 3.45. The molecule has 0 saturated carbocycles. The average Bonchev–Trinajstić information content (AvgIpc) is 2.24. The van der Waals surface area contributed by atoms with Crippen molar-refractivity contribution in [3.05, 3.63) is 11.1 Å². The van der Waals surface area contributed by atoms with Crippen LogP contribution in [0.3, 0.4) is 0 Å². The van der Waals surface area contributed by atoms with Gasteiger partial charge in [0.05, 0.1) is 5.57 Å². The molecule has 0 fully saturated rings. The van der Waals surface area contributed by atoms with Crippen molar-refractivity contribution >= 4 is 11.9 Å². The lowest BCUT2D eigenvalue weighted by molar-refractivity contribution is -0.326. The van der Waals surface area contributed by atoms with Crippen LogP contribution >= 0.6 is 0 Å². The predicted molar refractivity (Wildman–Crippen MR) is 53.2 cm³/mol. The fourth-order valence-electron chi connectivity index (χ4n) is 1.52. The summed E-state index contributed by atoms with van der Waals surface area (Å²) in [6.07, 6.45) is -14.7. The molecule has 0 aromatic carbocycles. The summed E-state index contributed by atoms with van der Waals surface area (Å²) in [4.78, 5) is 21.4. The van der Waals surface area contributed by atoms with Crippen LogP contribution < -0.4 is 0 Å². The van der Waals surface area contributed by atoms with Crippen LogP contribution in [0.4, 0.5) is 30.7 Å². The predicted octanol–water partition coefficient (Wildman–Crippen LogP) is 3.09. The van der Waals surface area contributed by atoms with E-state index in [1.807, 2.05) is 0 Å². The number of carboxylic acids is 2. The standard InChI is InChI=1S/C10H9F7O4/c1-2-3-4(6(18)19)5(7(20)21)8(11,9(12,13)14)10(15,16)17/h2-3H2,1H3,(H,18,19)(H,20,21). The fourth-order valence-corrected chi connectivity index (χ4v) is 1.52. The molecule has 0 unspecified atom stereocenters. The monoisotopic (exact) mass is 326 g/mol. The first-order chi connectivity index (χ1) is 9.21. The lowest BCUT2D eigenvalue weighted by atomic mass is 9.88. The maximum Gasteiger partial charge on any atom is 0.436 e. The second kappa shape index (κ2) is 5.90. The summed E-state index contributed by atoms with van der Waals surface area (Å²) < 4.78 is 88.6. The number of aliphatic carboxylic acids is 2. The molecule has 0 rings (SSSR count). The SMILES string of the molecule is CCCC(C(=O)O)=C(C(=O)O)C(F)(C(F)(F)F)C(F)(F)F. The van der Waals surface area contributed by atoms with Crippen molar-refractivity contribution in [1.82, 2.24) is 0 Å². The van der Waals surface area contributed by atoms with Crippen molar-refractivity contribution in [3.63, 3.8) is 0 Å². The number of halogens is 7. The number of hydrogen-bond donors (Lipinski definition) is 2. The molecule has 0 atom stereocenters. The highest BCUT2D eigenvalue weighted by atomic mass is 19.4. The van der Waals surface area contributed by atoms with Crippen molar-refractivity contribution in [3.8, 4) is 0 Å². The fraction of sp³-hybridized carbons (Fsp3) is 0.600. The molecule has 4 nitrogen and oxygen atoms in total. The molecular weight excluding hydrogens is 317 g/mol. The minimum absolute atomic E-state index is 0.301. The highest BCUT2D eigenvalue weighted by Gasteiger charge is 2.76. The molecule has 2 N–H and O–H groups in total. The zero-order valence-corrected chi connectivity index (χ0v) is 10.3. The van der Waals surface area contributed by atoms with Gasteiger partial charge in [0.15, 0.2) is 0 Å². The number of carboxylic acid groups (broad SMARTS) is 2. The van der Waals surface area contributed by atoms with Crippen molar-refractivity contribution < 1.29 is 50.5 Å². The van der Waals surface area contributed by atoms with Crippen LogP contribution in [0.5, 0.6) is 0 Å². The zero-order valence-electron chi connectivity index (χ0n) is 10.3. The van der Waals surface area contributed by atoms with Crippen molar-refractivity contribution in [2.24, 2.45) is 0 Å². The maximum atomic E-state index is 13.7. The summed E-state index contributed by atoms with van der Waals surface area (Å²) in [5, 5.41) is 17.1. The summed E-state index contributed by atoms with van der Waals surface area (Å²) in [6.45, 7) is 1.17. The molecule has 0 aliphatic rings. The Morgan fingerprint density at radius 3 is 1.43 bits per heavy atom. The van der Waals surface area contributed by atoms with Crippen LogP contribution in [0.2, 0.25) is 0 Å². The first-order valence-corrected chi connectivity index (χ1v) is 5.24. The van der Waals surface area contributed by atoms with Gasteiger partial charge < -0.3 is 10.2 Å². The normalized spacial score (nSPS) is 14.7. The minimum Gasteiger partial charge on any atom is -0.478 e. The second-order valence-corrected chi connectivity index (χ2v) is 3.87. The van der Waals surface area contributed by atoms with E-state index in [-0.39, 0.29) is 6.42 Å². The first kappa shape index (κ1) is 19.2. The number of hydrogen-bond acceptors (Lipinski definition) is 2. The quantitative estimate of drug-likeness (QED) is 0.601. The van der Waals surface area contributed by atoms with E-state index in [1.165, 1.54) is 6.92 Å². The third-order valence-electron chi connectivity index (χ3n) is 2.40. The van der Waals surface area contributed by atoms with Gasteiger partial charge in [-0.2, -0.15) is 26.3 Å². The van der Waals surface area contributed by atoms with E-state index in [0.29, 0.717) is 0 Å². The Morgan fingerprint density at radius 2 is 1.24 bits per heavy atom. The second-order valence-electron chi connectivity index (χ2n) is 3.87. The van der Waals surface area contributed by atoms with Gasteiger partial charge in [-0.25, -0.2) is 14.0 Å². The maximum absolute atomic E-state index is 13.7. The van der Waals surface area contributed by atoms with Crippen molar-refractivity contribution in [1.29, 1.82) is 0 Å². The summed E-state index contributed by atoms with van der Waals surface area (Å²) in [5.74, 6) is -5.32. The molecular formula is C10H9F7O4. The van der Waals surface area contributed by atoms with Crippen LogP contribution in [0, 0.1) is 0 Å². The van der Waals surface area contributed by atoms with Gasteiger partial charge in [0.2, 0.25) is 0 Å². The summed E-state index contributed by atoms with van der Waals surface area (Å²) >= 11 is 0. The molecule has 0 aromatic rings. The van der Waals surface area contributed by atoms with Crippen LogP contribution in [0.25, 0.3) is 0 Å². The molecule has 0 heterocycles. The van der Waals surface area contributed by atoms with Gasteiger partial charge in [0.25, 0.3) is 0 Å². The van der Waals surface area contributed by atoms with Crippen molar-refractivity contribution in [2.75, 3.05) is 0 Å². The summed E-state index contributed by atoms with van der Waals surface area (Å²) in [7, 11) is 0. The number of alkyl halides is 7. The zero-order chi connectivity index (χ0) is 17.2. The molecule has 11 heteroatoms. The largest absolute Gasteiger partial charge is 0.478 e. The van der Waals surface area contributed by atoms with E-state index in [9.17, 15) is 40.3 Å². The molecule has 21 heavy (non-hydrogen) atoms. The van der Waals surface area contributed by atoms with E-state index in [0.717, 1.165) is 0 Å². The minimum atomic E-state index is -6.69. The molecule has 0 radical (unpaired) electrons. The number of rotatable bonds is 5. The Kier molecular flexibility index (Phi) is 5.39. The molecule has 0 aliphatic heterocycles. The van der Waals surface area contributed by atoms with Gasteiger partial charge in [0.1, 0.15) is 5.57 Å². The van der Waals surface area contributed by atoms with Gasteiger partial charge in [-0.15, -0.1) is 0 Å². The molecule has 0 bridgehead atoms. The molecule has 0 saturated heterocycles. The average molecular weight is 326 g/mol. The van der Waals surface area contributed by atoms with Gasteiger partial charge in [-0.3, -0.25) is 0 Å². The smallest absolute Gasteiger partial charge is 0.436 e. The molecule has 0 amide bonds. The third-order valence-corrected chi connectivity index (χ3v) is 2.40. The lowest BCUT2D eigenvalue weighted by Gasteiger charge is -2.31. The van der Waals surface area contributed by atoms with E-state index >= 15 is 0 Å². The molecule has 0 aromatic heterocycles. The summed E-state index contributed by atoms with van der Waals surface area (Å²) in [6, 6.07) is 0. The Hall–Kier alpha value is -1.81. The van der Waals surface area contributed by atoms with Crippen LogP contribution in [-0.2, 0) is 9.59 Å². The van der Waals surface area contributed by atoms with Gasteiger partial charge in [0, 0.05) is 0 Å². The lowest BCUT2D eigenvalue weighted by Crippen LogP contribution is -2.56. The van der Waals surface area contributed by atoms with E-state index < -0.39 is 47.5 Å². The Bertz CT molecular complexity index is 447. The van der Waals surface area contributed by atoms with Crippen LogP contribution in [0.15, 0.2) is 11.1 Å². The van der Waals surface area contributed by atoms with E-state index in [1.54, 1.807) is 0 Å². The van der Waals surface area contributed by atoms with Gasteiger partial charge >= 0.3 is 30.0 Å². The Balaban J connectivity index is 6.72. The van der Waals surface area contributed by atoms with E-state index in [4.69, 9.17) is 10.2 Å². The molecule has 0 aliphatic carbocycles. The van der Waals surface area contributed by atoms with Gasteiger partial charge in [-0.1, -0.05) is 13.3 Å². The highest BCUT2D eigenvalue weighted by molar-refractivity contribution is 6.00. The Labute approximate surface area is 112 Å². The Morgan fingerprint density at radius 1 is 0.857 bits per heavy atom. The highest BCUT2D eigenvalue weighted by Crippen LogP contribution is 2.51. The van der Waals surface area contributed by atoms with E-state index in [2.05, 4.69) is 0 Å². The molecule has 122 valence electrons. The van der Waals surface area contributed by atoms with Crippen LogP contribution in [0.1, 0.15) is 19.8 Å². The topological polar surface area (TPSA) is 74.6 Å². The van der Waals surface area contributed by atoms with Gasteiger partial charge in [-0.05, 0) is 6.42 Å². The van der Waals surface area contributed by atoms with Crippen LogP contribution in [-0.4, -0.2) is 40.2 Å².